The predicted molar refractivity (Wildman–Crippen MR) is 83.9 cm³/mol. The van der Waals surface area contributed by atoms with Crippen LogP contribution in [0.4, 0.5) is 10.1 Å². The highest BCUT2D eigenvalue weighted by molar-refractivity contribution is 7.99. The molecule has 0 aromatic heterocycles. The summed E-state index contributed by atoms with van der Waals surface area (Å²) in [6.07, 6.45) is 0. The highest BCUT2D eigenvalue weighted by Gasteiger charge is 2.27. The molecule has 0 saturated heterocycles. The third-order valence-electron chi connectivity index (χ3n) is 2.67. The van der Waals surface area contributed by atoms with Gasteiger partial charge in [-0.05, 0) is 11.8 Å². The van der Waals surface area contributed by atoms with E-state index in [1.165, 1.54) is 0 Å². The minimum absolute atomic E-state index is 0.0117. The van der Waals surface area contributed by atoms with Crippen molar-refractivity contribution < 1.29 is 19.2 Å². The molecule has 9 heteroatoms. The summed E-state index contributed by atoms with van der Waals surface area (Å²) in [5.74, 6) is -2.15. The molecule has 1 N–H and O–H groups in total. The first-order valence-corrected chi connectivity index (χ1v) is 11.1. The van der Waals surface area contributed by atoms with Gasteiger partial charge in [0.1, 0.15) is 10.5 Å². The highest BCUT2D eigenvalue weighted by Crippen LogP contribution is 2.39. The largest absolute Gasteiger partial charge is 0.478 e. The molecule has 0 heterocycles. The third-order valence-corrected chi connectivity index (χ3v) is 6.36. The number of hydrogen-bond donors (Lipinski definition) is 1. The summed E-state index contributed by atoms with van der Waals surface area (Å²) < 4.78 is 13.9. The number of carboxylic acids is 1. The average molecular weight is 352 g/mol. The van der Waals surface area contributed by atoms with Crippen molar-refractivity contribution in [1.29, 1.82) is 0 Å². The predicted octanol–water partition coefficient (Wildman–Crippen LogP) is 4.52. The second-order valence-corrected chi connectivity index (χ2v) is 12.7. The molecule has 1 rings (SSSR count). The molecule has 0 spiro atoms. The zero-order valence-corrected chi connectivity index (χ0v) is 14.3. The van der Waals surface area contributed by atoms with Crippen molar-refractivity contribution in [2.45, 2.75) is 30.6 Å². The van der Waals surface area contributed by atoms with Crippen LogP contribution in [0, 0.1) is 15.9 Å². The number of carboxylic acid groups (broad SMARTS) is 1. The monoisotopic (exact) mass is 351 g/mol. The maximum atomic E-state index is 13.9. The molecule has 0 atom stereocenters. The molecule has 116 valence electrons. The van der Waals surface area contributed by atoms with Gasteiger partial charge in [-0.1, -0.05) is 31.2 Å². The van der Waals surface area contributed by atoms with Crippen molar-refractivity contribution in [2.24, 2.45) is 0 Å². The minimum atomic E-state index is -1.59. The Bertz CT molecular complexity index is 592. The smallest absolute Gasteiger partial charge is 0.339 e. The minimum Gasteiger partial charge on any atom is -0.478 e. The molecule has 0 bridgehead atoms. The second-order valence-electron chi connectivity index (χ2n) is 5.62. The second kappa shape index (κ2) is 6.76. The molecule has 5 nitrogen and oxygen atoms in total. The highest BCUT2D eigenvalue weighted by atomic mass is 35.5. The van der Waals surface area contributed by atoms with Crippen LogP contribution in [0.1, 0.15) is 10.4 Å². The van der Waals surface area contributed by atoms with Gasteiger partial charge in [-0.3, -0.25) is 10.1 Å². The van der Waals surface area contributed by atoms with Gasteiger partial charge in [0.2, 0.25) is 0 Å². The molecule has 0 aliphatic heterocycles. The van der Waals surface area contributed by atoms with Gasteiger partial charge in [0.25, 0.3) is 5.69 Å². The average Bonchev–Trinajstić information content (AvgIpc) is 2.32. The Hall–Kier alpha value is -1.12. The standard InChI is InChI=1S/C12H15ClFNO4SSi/c1-21(2,3)5-4-20-11-8(15(18)19)6-7(12(16)17)10(14)9(11)13/h6H,4-5H2,1-3H3,(H,16,17). The van der Waals surface area contributed by atoms with Gasteiger partial charge in [0, 0.05) is 14.1 Å². The van der Waals surface area contributed by atoms with E-state index in [9.17, 15) is 19.3 Å². The molecule has 0 fully saturated rings. The normalized spacial score (nSPS) is 11.5. The first-order valence-electron chi connectivity index (χ1n) is 6.07. The third kappa shape index (κ3) is 4.68. The summed E-state index contributed by atoms with van der Waals surface area (Å²) >= 11 is 6.88. The Morgan fingerprint density at radius 2 is 2.10 bits per heavy atom. The molecule has 0 radical (unpaired) electrons. The van der Waals surface area contributed by atoms with Crippen LogP contribution in [0.3, 0.4) is 0 Å². The molecule has 0 saturated carbocycles. The molecule has 1 aromatic carbocycles. The molecular formula is C12H15ClFNO4SSi. The molecule has 1 aromatic rings. The topological polar surface area (TPSA) is 80.4 Å². The van der Waals surface area contributed by atoms with Gasteiger partial charge in [0.05, 0.1) is 9.95 Å². The van der Waals surface area contributed by atoms with Gasteiger partial charge < -0.3 is 5.11 Å². The first-order chi connectivity index (χ1) is 9.54. The van der Waals surface area contributed by atoms with Crippen LogP contribution >= 0.6 is 23.4 Å². The lowest BCUT2D eigenvalue weighted by molar-refractivity contribution is -0.387. The summed E-state index contributed by atoms with van der Waals surface area (Å²) in [6.45, 7) is 6.45. The Morgan fingerprint density at radius 3 is 2.52 bits per heavy atom. The summed E-state index contributed by atoms with van der Waals surface area (Å²) in [5.41, 5.74) is -1.26. The van der Waals surface area contributed by atoms with Crippen molar-refractivity contribution in [3.63, 3.8) is 0 Å². The molecule has 0 amide bonds. The number of nitro benzene ring substituents is 1. The quantitative estimate of drug-likeness (QED) is 0.353. The number of thioether (sulfide) groups is 1. The molecular weight excluding hydrogens is 337 g/mol. The Kier molecular flexibility index (Phi) is 5.77. The van der Waals surface area contributed by atoms with Crippen LogP contribution < -0.4 is 0 Å². The lowest BCUT2D eigenvalue weighted by Gasteiger charge is -2.15. The van der Waals surface area contributed by atoms with Crippen LogP contribution in [-0.2, 0) is 0 Å². The van der Waals surface area contributed by atoms with Crippen molar-refractivity contribution in [3.8, 4) is 0 Å². The van der Waals surface area contributed by atoms with Gasteiger partial charge in [-0.2, -0.15) is 0 Å². The molecule has 0 aliphatic rings. The van der Waals surface area contributed by atoms with E-state index < -0.39 is 41.1 Å². The Balaban J connectivity index is 3.21. The summed E-state index contributed by atoms with van der Waals surface area (Å²) in [7, 11) is -1.34. The van der Waals surface area contributed by atoms with Gasteiger partial charge in [-0.15, -0.1) is 11.8 Å². The van der Waals surface area contributed by atoms with Crippen LogP contribution in [0.2, 0.25) is 30.7 Å². The number of aromatic carboxylic acids is 1. The van der Waals surface area contributed by atoms with E-state index in [1.54, 1.807) is 0 Å². The van der Waals surface area contributed by atoms with E-state index in [2.05, 4.69) is 19.6 Å². The number of rotatable bonds is 6. The number of nitro groups is 1. The zero-order chi connectivity index (χ0) is 16.4. The number of nitrogens with zero attached hydrogens (tertiary/aromatic N) is 1. The Morgan fingerprint density at radius 1 is 1.52 bits per heavy atom. The number of benzene rings is 1. The Labute approximate surface area is 131 Å². The fourth-order valence-corrected chi connectivity index (χ4v) is 5.41. The van der Waals surface area contributed by atoms with Crippen LogP contribution in [0.15, 0.2) is 11.0 Å². The fourth-order valence-electron chi connectivity index (χ4n) is 1.48. The maximum Gasteiger partial charge on any atom is 0.339 e. The van der Waals surface area contributed by atoms with Crippen LogP contribution in [0.25, 0.3) is 0 Å². The molecule has 0 aliphatic carbocycles. The van der Waals surface area contributed by atoms with E-state index in [-0.39, 0.29) is 4.90 Å². The van der Waals surface area contributed by atoms with E-state index in [1.807, 2.05) is 0 Å². The number of carbonyl (C=O) groups is 1. The van der Waals surface area contributed by atoms with Crippen LogP contribution in [-0.4, -0.2) is 29.8 Å². The zero-order valence-electron chi connectivity index (χ0n) is 11.8. The van der Waals surface area contributed by atoms with Crippen molar-refractivity contribution >= 4 is 43.1 Å². The van der Waals surface area contributed by atoms with Gasteiger partial charge in [0.15, 0.2) is 5.82 Å². The number of halogens is 2. The van der Waals surface area contributed by atoms with Gasteiger partial charge >= 0.3 is 5.97 Å². The fraction of sp³-hybridized carbons (Fsp3) is 0.417. The van der Waals surface area contributed by atoms with E-state index in [0.717, 1.165) is 23.9 Å². The lowest BCUT2D eigenvalue weighted by Crippen LogP contribution is -2.19. The summed E-state index contributed by atoms with van der Waals surface area (Å²) in [6, 6.07) is 1.61. The van der Waals surface area contributed by atoms with Crippen LogP contribution in [0.5, 0.6) is 0 Å². The summed E-state index contributed by atoms with van der Waals surface area (Å²) in [4.78, 5) is 21.2. The lowest BCUT2D eigenvalue weighted by atomic mass is 10.2. The number of hydrogen-bond acceptors (Lipinski definition) is 4. The maximum absolute atomic E-state index is 13.9. The van der Waals surface area contributed by atoms with Crippen molar-refractivity contribution in [3.05, 3.63) is 32.6 Å². The van der Waals surface area contributed by atoms with E-state index >= 15 is 0 Å². The van der Waals surface area contributed by atoms with Gasteiger partial charge in [-0.25, -0.2) is 9.18 Å². The molecule has 0 unspecified atom stereocenters. The van der Waals surface area contributed by atoms with Crippen molar-refractivity contribution in [1.82, 2.24) is 0 Å². The van der Waals surface area contributed by atoms with Crippen molar-refractivity contribution in [2.75, 3.05) is 5.75 Å². The van der Waals surface area contributed by atoms with E-state index in [4.69, 9.17) is 16.7 Å². The first kappa shape index (κ1) is 17.9. The molecule has 21 heavy (non-hydrogen) atoms. The summed E-state index contributed by atoms with van der Waals surface area (Å²) in [5, 5.41) is 19.4. The SMILES string of the molecule is C[Si](C)(C)CCSc1c([N+](=O)[O-])cc(C(=O)O)c(F)c1Cl. The van der Waals surface area contributed by atoms with E-state index in [0.29, 0.717) is 5.75 Å².